The number of fused-ring (bicyclic) bond motifs is 1. The molecular weight excluding hydrogens is 424 g/mol. The maximum Gasteiger partial charge on any atom is 0.352 e. The number of β-lactam (4-membered cyclic amide) rings is 1. The van der Waals surface area contributed by atoms with Gasteiger partial charge in [-0.05, 0) is 13.8 Å². The first-order valence-corrected chi connectivity index (χ1v) is 10.1. The van der Waals surface area contributed by atoms with E-state index < -0.39 is 41.2 Å². The van der Waals surface area contributed by atoms with Crippen molar-refractivity contribution in [2.45, 2.75) is 38.2 Å². The standard InChI is InChI=1S/C17H19ClN4O6S/c1-7-11(18)4-21(20-7)8(2)14(24)19-12-15(25)22-13(17(26)27)10(5-28-9(3)23)6-29-16(12)22/h4,8,12,16H,5-6H2,1-3H3,(H,19,24)(H,26,27)/t8-,12-,16-/m0/s1. The van der Waals surface area contributed by atoms with Gasteiger partial charge in [0.1, 0.15) is 29.8 Å². The molecule has 3 rings (SSSR count). The molecule has 12 heteroatoms. The van der Waals surface area contributed by atoms with Gasteiger partial charge >= 0.3 is 11.9 Å². The molecule has 2 N–H and O–H groups in total. The molecule has 0 radical (unpaired) electrons. The molecule has 0 spiro atoms. The quantitative estimate of drug-likeness (QED) is 0.486. The van der Waals surface area contributed by atoms with Crippen LogP contribution in [-0.2, 0) is 23.9 Å². The van der Waals surface area contributed by atoms with E-state index in [0.717, 1.165) is 4.90 Å². The van der Waals surface area contributed by atoms with Gasteiger partial charge in [0.2, 0.25) is 5.91 Å². The fourth-order valence-corrected chi connectivity index (χ4v) is 4.50. The van der Waals surface area contributed by atoms with Gasteiger partial charge in [0.15, 0.2) is 0 Å². The molecule has 3 heterocycles. The molecular formula is C17H19ClN4O6S. The van der Waals surface area contributed by atoms with Crippen molar-refractivity contribution in [2.24, 2.45) is 0 Å². The third-order valence-corrected chi connectivity index (χ3v) is 6.34. The van der Waals surface area contributed by atoms with Crippen LogP contribution in [0.5, 0.6) is 0 Å². The van der Waals surface area contributed by atoms with Crippen LogP contribution in [-0.4, -0.2) is 67.3 Å². The number of carboxylic acids is 1. The lowest BCUT2D eigenvalue weighted by Crippen LogP contribution is -2.71. The van der Waals surface area contributed by atoms with Crippen LogP contribution >= 0.6 is 23.4 Å². The van der Waals surface area contributed by atoms with Crippen LogP contribution in [0.4, 0.5) is 0 Å². The molecule has 29 heavy (non-hydrogen) atoms. The second-order valence-electron chi connectivity index (χ2n) is 6.65. The number of aromatic nitrogens is 2. The number of aliphatic carboxylic acids is 1. The molecule has 2 aliphatic heterocycles. The topological polar surface area (TPSA) is 131 Å². The average molecular weight is 443 g/mol. The Bertz CT molecular complexity index is 910. The van der Waals surface area contributed by atoms with E-state index in [-0.39, 0.29) is 18.1 Å². The van der Waals surface area contributed by atoms with Gasteiger partial charge in [-0.15, -0.1) is 11.8 Å². The van der Waals surface area contributed by atoms with Crippen molar-refractivity contribution in [2.75, 3.05) is 12.4 Å². The van der Waals surface area contributed by atoms with Gasteiger partial charge < -0.3 is 15.2 Å². The number of nitrogens with zero attached hydrogens (tertiary/aromatic N) is 3. The first kappa shape index (κ1) is 21.2. The van der Waals surface area contributed by atoms with Crippen molar-refractivity contribution < 1.29 is 29.0 Å². The maximum absolute atomic E-state index is 12.6. The smallest absolute Gasteiger partial charge is 0.352 e. The van der Waals surface area contributed by atoms with Crippen LogP contribution in [0.1, 0.15) is 25.6 Å². The predicted molar refractivity (Wildman–Crippen MR) is 103 cm³/mol. The second kappa shape index (κ2) is 8.07. The zero-order valence-corrected chi connectivity index (χ0v) is 17.4. The second-order valence-corrected chi connectivity index (χ2v) is 8.16. The van der Waals surface area contributed by atoms with Gasteiger partial charge in [0.05, 0.1) is 10.7 Å². The first-order chi connectivity index (χ1) is 13.6. The van der Waals surface area contributed by atoms with E-state index in [2.05, 4.69) is 10.4 Å². The number of aryl methyl sites for hydroxylation is 1. The molecule has 156 valence electrons. The van der Waals surface area contributed by atoms with Crippen molar-refractivity contribution in [3.05, 3.63) is 28.2 Å². The van der Waals surface area contributed by atoms with Crippen LogP contribution in [0.15, 0.2) is 17.5 Å². The molecule has 10 nitrogen and oxygen atoms in total. The number of hydrogen-bond donors (Lipinski definition) is 2. The van der Waals surface area contributed by atoms with Crippen molar-refractivity contribution in [3.63, 3.8) is 0 Å². The molecule has 1 aromatic heterocycles. The van der Waals surface area contributed by atoms with E-state index in [1.807, 2.05) is 0 Å². The Hall–Kier alpha value is -2.53. The lowest BCUT2D eigenvalue weighted by Gasteiger charge is -2.49. The maximum atomic E-state index is 12.6. The molecule has 2 amide bonds. The van der Waals surface area contributed by atoms with Crippen LogP contribution in [0.2, 0.25) is 5.02 Å². The summed E-state index contributed by atoms with van der Waals surface area (Å²) in [5.41, 5.74) is 0.715. The summed E-state index contributed by atoms with van der Waals surface area (Å²) in [4.78, 5) is 49.0. The van der Waals surface area contributed by atoms with Crippen molar-refractivity contribution in [3.8, 4) is 0 Å². The van der Waals surface area contributed by atoms with Crippen molar-refractivity contribution in [1.29, 1.82) is 0 Å². The lowest BCUT2D eigenvalue weighted by molar-refractivity contribution is -0.151. The number of thioether (sulfide) groups is 1. The number of carboxylic acid groups (broad SMARTS) is 1. The molecule has 3 atom stereocenters. The summed E-state index contributed by atoms with van der Waals surface area (Å²) in [6.45, 7) is 4.35. The summed E-state index contributed by atoms with van der Waals surface area (Å²) < 4.78 is 6.29. The van der Waals surface area contributed by atoms with Gasteiger partial charge in [0, 0.05) is 24.4 Å². The Morgan fingerprint density at radius 3 is 2.72 bits per heavy atom. The lowest BCUT2D eigenvalue weighted by atomic mass is 10.0. The predicted octanol–water partition coefficient (Wildman–Crippen LogP) is 0.708. The highest BCUT2D eigenvalue weighted by Crippen LogP contribution is 2.40. The summed E-state index contributed by atoms with van der Waals surface area (Å²) >= 11 is 7.27. The van der Waals surface area contributed by atoms with E-state index >= 15 is 0 Å². The number of rotatable bonds is 6. The fourth-order valence-electron chi connectivity index (χ4n) is 3.03. The minimum Gasteiger partial charge on any atom is -0.477 e. The number of carbonyl (C=O) groups excluding carboxylic acids is 3. The van der Waals surface area contributed by atoms with Crippen LogP contribution in [0.3, 0.4) is 0 Å². The highest BCUT2D eigenvalue weighted by Gasteiger charge is 2.54. The minimum absolute atomic E-state index is 0.200. The van der Waals surface area contributed by atoms with Crippen LogP contribution < -0.4 is 5.32 Å². The van der Waals surface area contributed by atoms with Crippen LogP contribution in [0.25, 0.3) is 0 Å². The van der Waals surface area contributed by atoms with Gasteiger partial charge in [-0.25, -0.2) is 4.79 Å². The zero-order chi connectivity index (χ0) is 21.5. The number of ether oxygens (including phenoxy) is 1. The number of amides is 2. The molecule has 0 aliphatic carbocycles. The first-order valence-electron chi connectivity index (χ1n) is 8.66. The third-order valence-electron chi connectivity index (χ3n) is 4.63. The highest BCUT2D eigenvalue weighted by molar-refractivity contribution is 8.00. The Labute approximate surface area is 175 Å². The monoisotopic (exact) mass is 442 g/mol. The third kappa shape index (κ3) is 3.97. The molecule has 0 bridgehead atoms. The summed E-state index contributed by atoms with van der Waals surface area (Å²) in [5, 5.41) is 16.2. The highest BCUT2D eigenvalue weighted by atomic mass is 35.5. The van der Waals surface area contributed by atoms with Crippen molar-refractivity contribution >= 4 is 47.1 Å². The molecule has 1 aromatic rings. The number of esters is 1. The van der Waals surface area contributed by atoms with E-state index in [9.17, 15) is 24.3 Å². The molecule has 2 aliphatic rings. The van der Waals surface area contributed by atoms with Gasteiger partial charge in [0.25, 0.3) is 5.91 Å². The van der Waals surface area contributed by atoms with E-state index in [4.69, 9.17) is 16.3 Å². The van der Waals surface area contributed by atoms with E-state index in [0.29, 0.717) is 16.3 Å². The molecule has 0 aromatic carbocycles. The number of carbonyl (C=O) groups is 4. The Balaban J connectivity index is 1.72. The van der Waals surface area contributed by atoms with Gasteiger partial charge in [-0.1, -0.05) is 11.6 Å². The van der Waals surface area contributed by atoms with Crippen molar-refractivity contribution in [1.82, 2.24) is 20.0 Å². The Morgan fingerprint density at radius 2 is 2.17 bits per heavy atom. The average Bonchev–Trinajstić information content (AvgIpc) is 3.00. The molecule has 0 unspecified atom stereocenters. The number of nitrogens with one attached hydrogen (secondary N) is 1. The summed E-state index contributed by atoms with van der Waals surface area (Å²) in [6.07, 6.45) is 1.53. The number of halogens is 1. The normalized spacial score (nSPS) is 21.9. The van der Waals surface area contributed by atoms with E-state index in [1.54, 1.807) is 13.8 Å². The molecule has 1 saturated heterocycles. The number of hydrogen-bond acceptors (Lipinski definition) is 7. The minimum atomic E-state index is -1.29. The summed E-state index contributed by atoms with van der Waals surface area (Å²) in [7, 11) is 0. The Kier molecular flexibility index (Phi) is 5.90. The molecule has 0 saturated carbocycles. The molecule has 1 fully saturated rings. The van der Waals surface area contributed by atoms with E-state index in [1.165, 1.54) is 29.6 Å². The van der Waals surface area contributed by atoms with Crippen LogP contribution in [0, 0.1) is 6.92 Å². The SMILES string of the molecule is CC(=O)OCC1=C(C(=O)O)N2C(=O)[C@H](NC(=O)[C@H](C)n3cc(Cl)c(C)n3)[C@@H]2SC1. The fraction of sp³-hybridized carbons (Fsp3) is 0.471. The largest absolute Gasteiger partial charge is 0.477 e. The van der Waals surface area contributed by atoms with Gasteiger partial charge in [-0.3, -0.25) is 24.0 Å². The Morgan fingerprint density at radius 1 is 1.48 bits per heavy atom. The summed E-state index contributed by atoms with van der Waals surface area (Å²) in [6, 6.07) is -1.56. The zero-order valence-electron chi connectivity index (χ0n) is 15.8. The summed E-state index contributed by atoms with van der Waals surface area (Å²) in [5.74, 6) is -2.54. The van der Waals surface area contributed by atoms with Gasteiger partial charge in [-0.2, -0.15) is 5.10 Å².